The second kappa shape index (κ2) is 11.3. The Morgan fingerprint density at radius 1 is 0.750 bits per heavy atom. The summed E-state index contributed by atoms with van der Waals surface area (Å²) in [6.07, 6.45) is 15.3. The average molecular weight is 567 g/mol. The van der Waals surface area contributed by atoms with Crippen molar-refractivity contribution in [2.75, 3.05) is 0 Å². The normalized spacial score (nSPS) is 15.8. The van der Waals surface area contributed by atoms with Crippen molar-refractivity contribution in [1.82, 2.24) is 0 Å². The Hall–Kier alpha value is -4.94. The Bertz CT molecular complexity index is 2070. The van der Waals surface area contributed by atoms with E-state index in [0.29, 0.717) is 0 Å². The van der Waals surface area contributed by atoms with Crippen molar-refractivity contribution in [2.45, 2.75) is 39.5 Å². The van der Waals surface area contributed by atoms with Crippen LogP contribution in [0.15, 0.2) is 128 Å². The zero-order valence-corrected chi connectivity index (χ0v) is 26.0. The molecule has 5 aromatic carbocycles. The first-order valence-corrected chi connectivity index (χ1v) is 15.8. The van der Waals surface area contributed by atoms with Crippen LogP contribution in [0.25, 0.3) is 61.9 Å². The summed E-state index contributed by atoms with van der Waals surface area (Å²) in [6.45, 7) is 13.8. The molecule has 0 radical (unpaired) electrons. The molecule has 1 atom stereocenters. The second-order valence-corrected chi connectivity index (χ2v) is 12.0. The maximum atomic E-state index is 4.03. The lowest BCUT2D eigenvalue weighted by Gasteiger charge is -2.23. The van der Waals surface area contributed by atoms with Crippen molar-refractivity contribution in [2.24, 2.45) is 0 Å². The highest BCUT2D eigenvalue weighted by atomic mass is 14.3. The molecule has 3 aliphatic rings. The highest BCUT2D eigenvalue weighted by Crippen LogP contribution is 2.52. The lowest BCUT2D eigenvalue weighted by Crippen LogP contribution is -2.07. The summed E-state index contributed by atoms with van der Waals surface area (Å²) < 4.78 is 0. The molecule has 0 saturated heterocycles. The Kier molecular flexibility index (Phi) is 7.15. The van der Waals surface area contributed by atoms with E-state index >= 15 is 0 Å². The van der Waals surface area contributed by atoms with Gasteiger partial charge in [0.1, 0.15) is 0 Å². The molecule has 214 valence electrons. The van der Waals surface area contributed by atoms with Gasteiger partial charge in [0.15, 0.2) is 0 Å². The summed E-state index contributed by atoms with van der Waals surface area (Å²) in [5.74, 6) is 0.174. The summed E-state index contributed by atoms with van der Waals surface area (Å²) >= 11 is 0. The van der Waals surface area contributed by atoms with Crippen LogP contribution < -0.4 is 0 Å². The van der Waals surface area contributed by atoms with Gasteiger partial charge in [0, 0.05) is 5.92 Å². The van der Waals surface area contributed by atoms with Gasteiger partial charge >= 0.3 is 0 Å². The summed E-state index contributed by atoms with van der Waals surface area (Å²) in [5, 5.41) is 2.73. The van der Waals surface area contributed by atoms with Crippen LogP contribution in [0.4, 0.5) is 0 Å². The molecule has 44 heavy (non-hydrogen) atoms. The van der Waals surface area contributed by atoms with Gasteiger partial charge in [-0.3, -0.25) is 0 Å². The Balaban J connectivity index is 0.00000100. The van der Waals surface area contributed by atoms with Crippen LogP contribution in [0.2, 0.25) is 0 Å². The molecule has 0 heteroatoms. The molecule has 0 N–H and O–H groups in total. The van der Waals surface area contributed by atoms with Crippen LogP contribution >= 0.6 is 0 Å². The van der Waals surface area contributed by atoms with Gasteiger partial charge in [-0.05, 0) is 115 Å². The summed E-state index contributed by atoms with van der Waals surface area (Å²) in [7, 11) is 0. The van der Waals surface area contributed by atoms with E-state index in [0.717, 1.165) is 12.8 Å². The van der Waals surface area contributed by atoms with Gasteiger partial charge in [0.05, 0.1) is 0 Å². The maximum absolute atomic E-state index is 4.03. The van der Waals surface area contributed by atoms with E-state index < -0.39 is 0 Å². The predicted molar refractivity (Wildman–Crippen MR) is 193 cm³/mol. The standard InChI is InChI=1S/C41H32.C3H6/c1-4-11-27-25(3)23-26-19-20-33(35(12-5-2)40(26)27)32-21-22-34-37-18-10-17-36-29-14-7-9-16-31(29)39(41(36)37)24-38(34)30-15-8-6-13-28(30)32;1-3-2/h4,6-11,13-24,32H,1,5,12H2,2-3H3;3H,1H2,2H3/b27-11-;. The van der Waals surface area contributed by atoms with Crippen LogP contribution in [0, 0.1) is 0 Å². The fourth-order valence-corrected chi connectivity index (χ4v) is 7.65. The van der Waals surface area contributed by atoms with Gasteiger partial charge in [-0.1, -0.05) is 135 Å². The molecule has 0 nitrogen and oxygen atoms in total. The van der Waals surface area contributed by atoms with Crippen molar-refractivity contribution in [3.8, 4) is 33.4 Å². The van der Waals surface area contributed by atoms with E-state index in [1.807, 2.05) is 13.0 Å². The molecule has 0 fully saturated rings. The summed E-state index contributed by atoms with van der Waals surface area (Å²) in [5.41, 5.74) is 19.1. The first-order chi connectivity index (χ1) is 21.6. The zero-order chi connectivity index (χ0) is 30.4. The van der Waals surface area contributed by atoms with E-state index in [2.05, 4.69) is 136 Å². The van der Waals surface area contributed by atoms with Gasteiger partial charge in [0.2, 0.25) is 0 Å². The van der Waals surface area contributed by atoms with Gasteiger partial charge in [-0.25, -0.2) is 0 Å². The number of benzene rings is 5. The Labute approximate surface area is 262 Å². The summed E-state index contributed by atoms with van der Waals surface area (Å²) in [6, 6.07) is 32.0. The lowest BCUT2D eigenvalue weighted by molar-refractivity contribution is 0.883. The smallest absolute Gasteiger partial charge is 0.0281 e. The molecule has 0 saturated carbocycles. The van der Waals surface area contributed by atoms with E-state index in [9.17, 15) is 0 Å². The second-order valence-electron chi connectivity index (χ2n) is 12.0. The molecule has 0 aliphatic heterocycles. The molecule has 0 amide bonds. The Morgan fingerprint density at radius 2 is 1.45 bits per heavy atom. The zero-order valence-electron chi connectivity index (χ0n) is 26.0. The molecule has 0 aromatic heterocycles. The van der Waals surface area contributed by atoms with Crippen molar-refractivity contribution in [3.63, 3.8) is 0 Å². The minimum absolute atomic E-state index is 0.174. The van der Waals surface area contributed by atoms with Crippen molar-refractivity contribution >= 4 is 28.5 Å². The van der Waals surface area contributed by atoms with E-state index in [-0.39, 0.29) is 5.92 Å². The van der Waals surface area contributed by atoms with Gasteiger partial charge in [0.25, 0.3) is 0 Å². The molecular weight excluding hydrogens is 528 g/mol. The van der Waals surface area contributed by atoms with Crippen LogP contribution in [0.5, 0.6) is 0 Å². The fraction of sp³-hybridized carbons (Fsp3) is 0.136. The number of fused-ring (bicyclic) bond motifs is 8. The maximum Gasteiger partial charge on any atom is 0.0281 e. The SMILES string of the molecule is C=C/C=C1/C(C)=Cc2ccc(C3C=Cc4c(cc5c6c(cccc46)-c4ccccc4-5)-c4ccccc43)c(CCC)c21.C=CC. The van der Waals surface area contributed by atoms with E-state index in [1.54, 1.807) is 6.08 Å². The van der Waals surface area contributed by atoms with Crippen LogP contribution in [-0.2, 0) is 6.42 Å². The van der Waals surface area contributed by atoms with E-state index in [4.69, 9.17) is 0 Å². The van der Waals surface area contributed by atoms with Crippen LogP contribution in [0.3, 0.4) is 0 Å². The fourth-order valence-electron chi connectivity index (χ4n) is 7.65. The Morgan fingerprint density at radius 3 is 2.20 bits per heavy atom. The third-order valence-corrected chi connectivity index (χ3v) is 9.32. The van der Waals surface area contributed by atoms with Crippen LogP contribution in [0.1, 0.15) is 66.5 Å². The van der Waals surface area contributed by atoms with Crippen molar-refractivity contribution in [1.29, 1.82) is 0 Å². The average Bonchev–Trinajstić information content (AvgIpc) is 3.48. The molecule has 5 aromatic rings. The quantitative estimate of drug-likeness (QED) is 0.186. The minimum Gasteiger partial charge on any atom is -0.103 e. The first-order valence-electron chi connectivity index (χ1n) is 15.8. The molecule has 0 bridgehead atoms. The van der Waals surface area contributed by atoms with Crippen LogP contribution in [-0.4, -0.2) is 0 Å². The summed E-state index contributed by atoms with van der Waals surface area (Å²) in [4.78, 5) is 0. The molecule has 0 spiro atoms. The molecule has 3 aliphatic carbocycles. The van der Waals surface area contributed by atoms with Crippen molar-refractivity contribution < 1.29 is 0 Å². The van der Waals surface area contributed by atoms with E-state index in [1.165, 1.54) is 88.7 Å². The predicted octanol–water partition coefficient (Wildman–Crippen LogP) is 12.4. The highest BCUT2D eigenvalue weighted by molar-refractivity contribution is 6.19. The third-order valence-electron chi connectivity index (χ3n) is 9.32. The third kappa shape index (κ3) is 4.20. The van der Waals surface area contributed by atoms with Gasteiger partial charge < -0.3 is 0 Å². The largest absolute Gasteiger partial charge is 0.103 e. The number of hydrogen-bond donors (Lipinski definition) is 0. The molecular formula is C44H38. The van der Waals surface area contributed by atoms with Crippen molar-refractivity contribution in [3.05, 3.63) is 161 Å². The molecule has 0 heterocycles. The lowest BCUT2D eigenvalue weighted by atomic mass is 9.80. The minimum atomic E-state index is 0.174. The topological polar surface area (TPSA) is 0 Å². The van der Waals surface area contributed by atoms with Gasteiger partial charge in [-0.15, -0.1) is 6.58 Å². The first kappa shape index (κ1) is 27.9. The number of rotatable bonds is 4. The monoisotopic (exact) mass is 566 g/mol. The molecule has 8 rings (SSSR count). The highest BCUT2D eigenvalue weighted by Gasteiger charge is 2.29. The number of hydrogen-bond acceptors (Lipinski definition) is 0. The van der Waals surface area contributed by atoms with Gasteiger partial charge in [-0.2, -0.15) is 0 Å². The molecule has 1 unspecified atom stereocenters. The number of allylic oxidation sites excluding steroid dienone is 6.